The third kappa shape index (κ3) is 5.19. The minimum absolute atomic E-state index is 0.0194. The molecule has 1 heterocycles. The molecule has 31 heavy (non-hydrogen) atoms. The summed E-state index contributed by atoms with van der Waals surface area (Å²) < 4.78 is 65.9. The molecule has 0 saturated carbocycles. The number of halogens is 3. The molecule has 10 heteroatoms. The lowest BCUT2D eigenvalue weighted by Crippen LogP contribution is -2.49. The highest BCUT2D eigenvalue weighted by molar-refractivity contribution is 7.89. The molecule has 2 aromatic rings. The van der Waals surface area contributed by atoms with Crippen LogP contribution in [0, 0.1) is 6.92 Å². The predicted octanol–water partition coefficient (Wildman–Crippen LogP) is 3.27. The highest BCUT2D eigenvalue weighted by atomic mass is 32.2. The molecule has 0 atom stereocenters. The van der Waals surface area contributed by atoms with Gasteiger partial charge in [0.15, 0.2) is 0 Å². The average molecular weight is 456 g/mol. The lowest BCUT2D eigenvalue weighted by Gasteiger charge is -2.36. The van der Waals surface area contributed by atoms with Gasteiger partial charge in [0, 0.05) is 44.0 Å². The number of aryl methyl sites for hydroxylation is 1. The number of nitrogens with one attached hydrogen (secondary N) is 1. The summed E-state index contributed by atoms with van der Waals surface area (Å²) in [4.78, 5) is 16.4. The van der Waals surface area contributed by atoms with Gasteiger partial charge in [0.05, 0.1) is 10.5 Å². The van der Waals surface area contributed by atoms with Crippen molar-refractivity contribution in [3.8, 4) is 0 Å². The minimum atomic E-state index is -4.41. The van der Waals surface area contributed by atoms with Crippen LogP contribution in [0.4, 0.5) is 18.9 Å². The Bertz CT molecular complexity index is 1060. The molecule has 1 aliphatic rings. The number of amides is 1. The van der Waals surface area contributed by atoms with Crippen LogP contribution in [-0.2, 0) is 16.2 Å². The highest BCUT2D eigenvalue weighted by Gasteiger charge is 2.31. The van der Waals surface area contributed by atoms with Crippen LogP contribution in [0.1, 0.15) is 28.4 Å². The van der Waals surface area contributed by atoms with E-state index in [9.17, 15) is 26.4 Å². The summed E-state index contributed by atoms with van der Waals surface area (Å²) in [5, 5.41) is 0. The highest BCUT2D eigenvalue weighted by Crippen LogP contribution is 2.32. The zero-order valence-electron chi connectivity index (χ0n) is 17.2. The van der Waals surface area contributed by atoms with Crippen molar-refractivity contribution in [2.45, 2.75) is 24.9 Å². The molecule has 1 aliphatic heterocycles. The quantitative estimate of drug-likeness (QED) is 0.752. The van der Waals surface area contributed by atoms with Gasteiger partial charge in [-0.05, 0) is 42.8 Å². The van der Waals surface area contributed by atoms with Gasteiger partial charge in [-0.2, -0.15) is 13.2 Å². The topological polar surface area (TPSA) is 69.7 Å². The van der Waals surface area contributed by atoms with Gasteiger partial charge in [0.2, 0.25) is 10.0 Å². The molecule has 2 aromatic carbocycles. The van der Waals surface area contributed by atoms with Crippen LogP contribution in [0.15, 0.2) is 47.4 Å². The van der Waals surface area contributed by atoms with E-state index in [0.717, 1.165) is 12.1 Å². The maximum Gasteiger partial charge on any atom is 0.416 e. The van der Waals surface area contributed by atoms with Crippen molar-refractivity contribution < 1.29 is 26.4 Å². The summed E-state index contributed by atoms with van der Waals surface area (Å²) in [7, 11) is -3.70. The second kappa shape index (κ2) is 8.88. The maximum atomic E-state index is 13.0. The first kappa shape index (κ1) is 23.1. The Balaban J connectivity index is 1.74. The van der Waals surface area contributed by atoms with Crippen LogP contribution >= 0.6 is 0 Å². The van der Waals surface area contributed by atoms with E-state index in [0.29, 0.717) is 43.0 Å². The largest absolute Gasteiger partial charge is 0.416 e. The summed E-state index contributed by atoms with van der Waals surface area (Å²) in [6.45, 7) is 5.02. The smallest absolute Gasteiger partial charge is 0.368 e. The lowest BCUT2D eigenvalue weighted by atomic mass is 10.1. The van der Waals surface area contributed by atoms with Gasteiger partial charge in [-0.1, -0.05) is 19.1 Å². The van der Waals surface area contributed by atoms with Gasteiger partial charge in [0.25, 0.3) is 5.91 Å². The molecule has 1 fully saturated rings. The van der Waals surface area contributed by atoms with Crippen LogP contribution in [-0.4, -0.2) is 51.9 Å². The number of anilines is 1. The van der Waals surface area contributed by atoms with Crippen molar-refractivity contribution in [1.82, 2.24) is 9.62 Å². The van der Waals surface area contributed by atoms with Gasteiger partial charge in [-0.15, -0.1) is 0 Å². The fraction of sp³-hybridized carbons (Fsp3) is 0.381. The van der Waals surface area contributed by atoms with Gasteiger partial charge < -0.3 is 9.80 Å². The van der Waals surface area contributed by atoms with Crippen molar-refractivity contribution in [3.63, 3.8) is 0 Å². The van der Waals surface area contributed by atoms with E-state index >= 15 is 0 Å². The molecule has 168 valence electrons. The molecule has 1 N–H and O–H groups in total. The molecule has 1 saturated heterocycles. The normalized spacial score (nSPS) is 15.3. The predicted molar refractivity (Wildman–Crippen MR) is 112 cm³/mol. The van der Waals surface area contributed by atoms with E-state index in [4.69, 9.17) is 0 Å². The third-order valence-electron chi connectivity index (χ3n) is 5.19. The van der Waals surface area contributed by atoms with Crippen LogP contribution in [0.3, 0.4) is 0 Å². The summed E-state index contributed by atoms with van der Waals surface area (Å²) in [5.74, 6) is -0.297. The molecule has 3 rings (SSSR count). The first-order chi connectivity index (χ1) is 14.5. The molecule has 0 radical (unpaired) electrons. The number of hydrogen-bond donors (Lipinski definition) is 1. The van der Waals surface area contributed by atoms with Crippen LogP contribution < -0.4 is 9.62 Å². The number of rotatable bonds is 5. The van der Waals surface area contributed by atoms with E-state index in [-0.39, 0.29) is 17.3 Å². The Morgan fingerprint density at radius 1 is 1.06 bits per heavy atom. The number of carbonyl (C=O) groups excluding carboxylic acids is 1. The monoisotopic (exact) mass is 455 g/mol. The third-order valence-corrected chi connectivity index (χ3v) is 6.73. The van der Waals surface area contributed by atoms with Crippen molar-refractivity contribution in [3.05, 3.63) is 59.2 Å². The van der Waals surface area contributed by atoms with E-state index in [1.807, 2.05) is 0 Å². The summed E-state index contributed by atoms with van der Waals surface area (Å²) >= 11 is 0. The maximum absolute atomic E-state index is 13.0. The standard InChI is InChI=1S/C21H24F3N3O3S/c1-3-25-31(29,30)18-8-7-15(2)19(14-18)20(28)27-11-9-26(10-12-27)17-6-4-5-16(13-17)21(22,23)24/h4-8,13-14,25H,3,9-12H2,1-2H3. The molecule has 0 unspecified atom stereocenters. The molecular formula is C21H24F3N3O3S. The van der Waals surface area contributed by atoms with Crippen LogP contribution in [0.5, 0.6) is 0 Å². The first-order valence-electron chi connectivity index (χ1n) is 9.84. The molecule has 0 bridgehead atoms. The number of carbonyl (C=O) groups is 1. The Kier molecular flexibility index (Phi) is 6.61. The fourth-order valence-corrected chi connectivity index (χ4v) is 4.56. The van der Waals surface area contributed by atoms with Crippen LogP contribution in [0.2, 0.25) is 0 Å². The van der Waals surface area contributed by atoms with Crippen molar-refractivity contribution >= 4 is 21.6 Å². The Morgan fingerprint density at radius 3 is 2.35 bits per heavy atom. The zero-order valence-corrected chi connectivity index (χ0v) is 18.1. The minimum Gasteiger partial charge on any atom is -0.368 e. The molecule has 1 amide bonds. The second-order valence-electron chi connectivity index (χ2n) is 7.31. The summed E-state index contributed by atoms with van der Waals surface area (Å²) in [5.41, 5.74) is 0.696. The number of alkyl halides is 3. The molecule has 0 spiro atoms. The Labute approximate surface area is 179 Å². The number of sulfonamides is 1. The van der Waals surface area contributed by atoms with Gasteiger partial charge in [-0.3, -0.25) is 4.79 Å². The summed E-state index contributed by atoms with van der Waals surface area (Å²) in [6, 6.07) is 9.54. The van der Waals surface area contributed by atoms with E-state index in [2.05, 4.69) is 4.72 Å². The Morgan fingerprint density at radius 2 is 1.74 bits per heavy atom. The molecule has 0 aliphatic carbocycles. The van der Waals surface area contributed by atoms with Crippen molar-refractivity contribution in [2.24, 2.45) is 0 Å². The number of piperazine rings is 1. The van der Waals surface area contributed by atoms with Gasteiger partial charge >= 0.3 is 6.18 Å². The number of nitrogens with zero attached hydrogens (tertiary/aromatic N) is 2. The molecule has 0 aromatic heterocycles. The first-order valence-corrected chi connectivity index (χ1v) is 11.3. The van der Waals surface area contributed by atoms with Crippen LogP contribution in [0.25, 0.3) is 0 Å². The van der Waals surface area contributed by atoms with E-state index in [1.54, 1.807) is 35.8 Å². The second-order valence-corrected chi connectivity index (χ2v) is 9.07. The Hall–Kier alpha value is -2.59. The zero-order chi connectivity index (χ0) is 22.8. The fourth-order valence-electron chi connectivity index (χ4n) is 3.49. The van der Waals surface area contributed by atoms with E-state index in [1.165, 1.54) is 18.2 Å². The SMILES string of the molecule is CCNS(=O)(=O)c1ccc(C)c(C(=O)N2CCN(c3cccc(C(F)(F)F)c3)CC2)c1. The summed E-state index contributed by atoms with van der Waals surface area (Å²) in [6.07, 6.45) is -4.41. The van der Waals surface area contributed by atoms with Crippen molar-refractivity contribution in [2.75, 3.05) is 37.6 Å². The average Bonchev–Trinajstić information content (AvgIpc) is 2.73. The van der Waals surface area contributed by atoms with Gasteiger partial charge in [-0.25, -0.2) is 13.1 Å². The molecular weight excluding hydrogens is 431 g/mol. The molecule has 6 nitrogen and oxygen atoms in total. The van der Waals surface area contributed by atoms with E-state index < -0.39 is 21.8 Å². The van der Waals surface area contributed by atoms with Crippen molar-refractivity contribution in [1.29, 1.82) is 0 Å². The number of benzene rings is 2. The number of hydrogen-bond acceptors (Lipinski definition) is 4. The van der Waals surface area contributed by atoms with Gasteiger partial charge in [0.1, 0.15) is 0 Å². The lowest BCUT2D eigenvalue weighted by molar-refractivity contribution is -0.137.